The van der Waals surface area contributed by atoms with Crippen molar-refractivity contribution in [2.24, 2.45) is 17.8 Å². The first-order valence-corrected chi connectivity index (χ1v) is 8.63. The van der Waals surface area contributed by atoms with Crippen LogP contribution in [-0.2, 0) is 9.53 Å². The summed E-state index contributed by atoms with van der Waals surface area (Å²) in [4.78, 5) is 14.6. The Morgan fingerprint density at radius 2 is 2.00 bits per heavy atom. The lowest BCUT2D eigenvalue weighted by molar-refractivity contribution is -0.131. The Morgan fingerprint density at radius 3 is 2.57 bits per heavy atom. The van der Waals surface area contributed by atoms with Crippen molar-refractivity contribution >= 4 is 5.91 Å². The van der Waals surface area contributed by atoms with Crippen LogP contribution < -0.4 is 5.32 Å². The molecule has 2 fully saturated rings. The number of nitrogens with one attached hydrogen (secondary N) is 1. The zero-order valence-electron chi connectivity index (χ0n) is 14.1. The molecule has 0 aromatic carbocycles. The maximum atomic E-state index is 12.5. The summed E-state index contributed by atoms with van der Waals surface area (Å²) in [6, 6.07) is -0.0128. The first-order valence-electron chi connectivity index (χ1n) is 8.63. The minimum Gasteiger partial charge on any atom is -0.381 e. The molecule has 0 radical (unpaired) electrons. The molecule has 1 aliphatic carbocycles. The van der Waals surface area contributed by atoms with Crippen molar-refractivity contribution in [2.45, 2.75) is 65.6 Å². The van der Waals surface area contributed by atoms with Crippen molar-refractivity contribution in [3.8, 4) is 0 Å². The van der Waals surface area contributed by atoms with Gasteiger partial charge in [0.25, 0.3) is 0 Å². The molecule has 1 saturated heterocycles. The van der Waals surface area contributed by atoms with Gasteiger partial charge in [0, 0.05) is 19.8 Å². The van der Waals surface area contributed by atoms with E-state index in [1.54, 1.807) is 0 Å². The van der Waals surface area contributed by atoms with Crippen molar-refractivity contribution in [2.75, 3.05) is 19.8 Å². The van der Waals surface area contributed by atoms with E-state index in [4.69, 9.17) is 4.74 Å². The molecule has 0 aromatic rings. The summed E-state index contributed by atoms with van der Waals surface area (Å²) in [5, 5.41) is 3.53. The number of nitrogens with zero attached hydrogens (tertiary/aromatic N) is 1. The maximum absolute atomic E-state index is 12.5. The minimum atomic E-state index is -0.0128. The zero-order chi connectivity index (χ0) is 15.4. The average molecular weight is 296 g/mol. The Balaban J connectivity index is 1.78. The van der Waals surface area contributed by atoms with Gasteiger partial charge in [-0.05, 0) is 43.4 Å². The standard InChI is InChI=1S/C17H32N2O2/c1-12(2)10-15-18-16(13(3)4)17(20)19(15)8-5-9-21-11-14-6-7-14/h12-16,18H,5-11H2,1-4H3. The molecule has 2 unspecified atom stereocenters. The lowest BCUT2D eigenvalue weighted by Gasteiger charge is -2.25. The highest BCUT2D eigenvalue weighted by Gasteiger charge is 2.39. The summed E-state index contributed by atoms with van der Waals surface area (Å²) in [7, 11) is 0. The van der Waals surface area contributed by atoms with E-state index in [0.717, 1.165) is 38.5 Å². The van der Waals surface area contributed by atoms with Crippen LogP contribution in [0, 0.1) is 17.8 Å². The van der Waals surface area contributed by atoms with Crippen LogP contribution >= 0.6 is 0 Å². The zero-order valence-corrected chi connectivity index (χ0v) is 14.1. The van der Waals surface area contributed by atoms with Gasteiger partial charge in [0.15, 0.2) is 0 Å². The van der Waals surface area contributed by atoms with E-state index < -0.39 is 0 Å². The first kappa shape index (κ1) is 16.8. The second kappa shape index (κ2) is 7.59. The molecule has 4 nitrogen and oxygen atoms in total. The molecule has 21 heavy (non-hydrogen) atoms. The number of ether oxygens (including phenoxy) is 1. The Kier molecular flexibility index (Phi) is 6.06. The molecule has 0 bridgehead atoms. The number of hydrogen-bond donors (Lipinski definition) is 1. The van der Waals surface area contributed by atoms with Gasteiger partial charge in [-0.25, -0.2) is 0 Å². The van der Waals surface area contributed by atoms with Gasteiger partial charge in [0.05, 0.1) is 12.2 Å². The summed E-state index contributed by atoms with van der Waals surface area (Å²) in [6.07, 6.45) is 4.84. The van der Waals surface area contributed by atoms with Crippen LogP contribution in [-0.4, -0.2) is 42.8 Å². The van der Waals surface area contributed by atoms with E-state index in [-0.39, 0.29) is 18.1 Å². The van der Waals surface area contributed by atoms with Gasteiger partial charge in [-0.3, -0.25) is 10.1 Å². The highest BCUT2D eigenvalue weighted by atomic mass is 16.5. The van der Waals surface area contributed by atoms with Gasteiger partial charge in [0.1, 0.15) is 0 Å². The normalized spacial score (nSPS) is 26.4. The SMILES string of the molecule is CC(C)CC1NC(C(C)C)C(=O)N1CCCOCC1CC1. The maximum Gasteiger partial charge on any atom is 0.241 e. The van der Waals surface area contributed by atoms with Crippen molar-refractivity contribution in [1.82, 2.24) is 10.2 Å². The predicted octanol–water partition coefficient (Wildman–Crippen LogP) is 2.63. The molecule has 1 heterocycles. The summed E-state index contributed by atoms with van der Waals surface area (Å²) in [5.41, 5.74) is 0. The van der Waals surface area contributed by atoms with Crippen LogP contribution in [0.1, 0.15) is 53.4 Å². The molecule has 1 saturated carbocycles. The molecule has 2 rings (SSSR count). The third kappa shape index (κ3) is 4.96. The van der Waals surface area contributed by atoms with Gasteiger partial charge in [-0.15, -0.1) is 0 Å². The molecule has 1 N–H and O–H groups in total. The number of hydrogen-bond acceptors (Lipinski definition) is 3. The molecule has 0 aromatic heterocycles. The smallest absolute Gasteiger partial charge is 0.241 e. The lowest BCUT2D eigenvalue weighted by atomic mass is 10.0. The van der Waals surface area contributed by atoms with Gasteiger partial charge in [-0.2, -0.15) is 0 Å². The lowest BCUT2D eigenvalue weighted by Crippen LogP contribution is -2.39. The van der Waals surface area contributed by atoms with Gasteiger partial charge in [0.2, 0.25) is 5.91 Å². The van der Waals surface area contributed by atoms with Crippen LogP contribution in [0.5, 0.6) is 0 Å². The Labute approximate surface area is 129 Å². The van der Waals surface area contributed by atoms with Gasteiger partial charge in [-0.1, -0.05) is 27.7 Å². The van der Waals surface area contributed by atoms with Crippen molar-refractivity contribution in [1.29, 1.82) is 0 Å². The average Bonchev–Trinajstić information content (AvgIpc) is 3.16. The fourth-order valence-corrected chi connectivity index (χ4v) is 2.96. The second-order valence-corrected chi connectivity index (χ2v) is 7.44. The van der Waals surface area contributed by atoms with Crippen molar-refractivity contribution < 1.29 is 9.53 Å². The number of carbonyl (C=O) groups is 1. The molecule has 2 atom stereocenters. The van der Waals surface area contributed by atoms with Gasteiger partial charge >= 0.3 is 0 Å². The highest BCUT2D eigenvalue weighted by molar-refractivity contribution is 5.84. The van der Waals surface area contributed by atoms with Crippen LogP contribution in [0.15, 0.2) is 0 Å². The number of rotatable bonds is 9. The molecule has 1 aliphatic heterocycles. The topological polar surface area (TPSA) is 41.6 Å². The molecule has 4 heteroatoms. The Bertz CT molecular complexity index is 340. The summed E-state index contributed by atoms with van der Waals surface area (Å²) in [5.74, 6) is 2.04. The van der Waals surface area contributed by atoms with Crippen LogP contribution in [0.3, 0.4) is 0 Å². The van der Waals surface area contributed by atoms with Crippen LogP contribution in [0.4, 0.5) is 0 Å². The van der Waals surface area contributed by atoms with E-state index in [0.29, 0.717) is 11.8 Å². The van der Waals surface area contributed by atoms with E-state index in [2.05, 4.69) is 33.0 Å². The summed E-state index contributed by atoms with van der Waals surface area (Å²) in [6.45, 7) is 11.2. The van der Waals surface area contributed by atoms with E-state index in [9.17, 15) is 4.79 Å². The molecular formula is C17H32N2O2. The monoisotopic (exact) mass is 296 g/mol. The van der Waals surface area contributed by atoms with Gasteiger partial charge < -0.3 is 9.64 Å². The number of amides is 1. The summed E-state index contributed by atoms with van der Waals surface area (Å²) < 4.78 is 5.68. The van der Waals surface area contributed by atoms with E-state index >= 15 is 0 Å². The quantitative estimate of drug-likeness (QED) is 0.665. The minimum absolute atomic E-state index is 0.0128. The van der Waals surface area contributed by atoms with Crippen molar-refractivity contribution in [3.63, 3.8) is 0 Å². The molecule has 1 amide bonds. The summed E-state index contributed by atoms with van der Waals surface area (Å²) >= 11 is 0. The third-order valence-electron chi connectivity index (χ3n) is 4.40. The van der Waals surface area contributed by atoms with Crippen LogP contribution in [0.25, 0.3) is 0 Å². The van der Waals surface area contributed by atoms with E-state index in [1.807, 2.05) is 4.90 Å². The fraction of sp³-hybridized carbons (Fsp3) is 0.941. The molecule has 0 spiro atoms. The molecule has 2 aliphatic rings. The highest BCUT2D eigenvalue weighted by Crippen LogP contribution is 2.28. The second-order valence-electron chi connectivity index (χ2n) is 7.44. The Morgan fingerprint density at radius 1 is 1.29 bits per heavy atom. The molecular weight excluding hydrogens is 264 g/mol. The van der Waals surface area contributed by atoms with E-state index in [1.165, 1.54) is 12.8 Å². The van der Waals surface area contributed by atoms with Crippen molar-refractivity contribution in [3.05, 3.63) is 0 Å². The fourth-order valence-electron chi connectivity index (χ4n) is 2.96. The molecule has 122 valence electrons. The third-order valence-corrected chi connectivity index (χ3v) is 4.40. The first-order chi connectivity index (χ1) is 9.99. The van der Waals surface area contributed by atoms with Crippen LogP contribution in [0.2, 0.25) is 0 Å². The predicted molar refractivity (Wildman–Crippen MR) is 84.9 cm³/mol. The number of carbonyl (C=O) groups excluding carboxylic acids is 1. The Hall–Kier alpha value is -0.610. The largest absolute Gasteiger partial charge is 0.381 e.